The maximum absolute atomic E-state index is 11.9. The minimum atomic E-state index is -2.99. The molecule has 1 amide bonds. The minimum Gasteiger partial charge on any atom is -0.342 e. The minimum absolute atomic E-state index is 0.0166. The van der Waals surface area contributed by atoms with E-state index in [1.807, 2.05) is 35.2 Å². The van der Waals surface area contributed by atoms with E-state index in [0.29, 0.717) is 18.1 Å². The van der Waals surface area contributed by atoms with Gasteiger partial charge in [-0.2, -0.15) is 4.99 Å². The molecule has 2 atom stereocenters. The molecule has 3 rings (SSSR count). The maximum Gasteiger partial charge on any atom is 0.247 e. The van der Waals surface area contributed by atoms with Crippen molar-refractivity contribution < 1.29 is 13.2 Å². The predicted octanol–water partition coefficient (Wildman–Crippen LogP) is 1.69. The average Bonchev–Trinajstić information content (AvgIpc) is 2.93. The molecule has 0 saturated carbocycles. The Morgan fingerprint density at radius 1 is 1.32 bits per heavy atom. The zero-order valence-electron chi connectivity index (χ0n) is 12.3. The number of hydrogen-bond donors (Lipinski definition) is 0. The van der Waals surface area contributed by atoms with Crippen LogP contribution in [0.4, 0.5) is 0 Å². The first-order valence-electron chi connectivity index (χ1n) is 7.27. The summed E-state index contributed by atoms with van der Waals surface area (Å²) in [6.45, 7) is 2.36. The number of sulfone groups is 1. The van der Waals surface area contributed by atoms with Crippen LogP contribution in [0.3, 0.4) is 0 Å². The van der Waals surface area contributed by atoms with Gasteiger partial charge in [-0.25, -0.2) is 8.42 Å². The van der Waals surface area contributed by atoms with Gasteiger partial charge in [0.2, 0.25) is 5.91 Å². The van der Waals surface area contributed by atoms with Crippen LogP contribution >= 0.6 is 11.8 Å². The molecule has 118 valence electrons. The van der Waals surface area contributed by atoms with Crippen LogP contribution in [0.2, 0.25) is 0 Å². The van der Waals surface area contributed by atoms with Crippen molar-refractivity contribution in [3.63, 3.8) is 0 Å². The lowest BCUT2D eigenvalue weighted by Crippen LogP contribution is -2.37. The fourth-order valence-corrected chi connectivity index (χ4v) is 6.75. The van der Waals surface area contributed by atoms with E-state index in [9.17, 15) is 13.2 Å². The van der Waals surface area contributed by atoms with Crippen molar-refractivity contribution >= 4 is 32.7 Å². The van der Waals surface area contributed by atoms with Gasteiger partial charge >= 0.3 is 0 Å². The Labute approximate surface area is 134 Å². The van der Waals surface area contributed by atoms with Gasteiger partial charge in [0.1, 0.15) is 0 Å². The first kappa shape index (κ1) is 15.6. The van der Waals surface area contributed by atoms with Crippen LogP contribution in [0.25, 0.3) is 0 Å². The second-order valence-corrected chi connectivity index (χ2v) is 8.92. The number of benzene rings is 1. The Morgan fingerprint density at radius 2 is 2.05 bits per heavy atom. The first-order chi connectivity index (χ1) is 10.5. The molecule has 2 fully saturated rings. The molecular formula is C15H18N2O3S2. The molecule has 7 heteroatoms. The number of carbonyl (C=O) groups is 1. The van der Waals surface area contributed by atoms with Crippen LogP contribution < -0.4 is 0 Å². The smallest absolute Gasteiger partial charge is 0.247 e. The van der Waals surface area contributed by atoms with Crippen molar-refractivity contribution in [3.05, 3.63) is 35.9 Å². The molecule has 0 spiro atoms. The second kappa shape index (κ2) is 6.04. The normalized spacial score (nSPS) is 28.0. The van der Waals surface area contributed by atoms with Gasteiger partial charge in [-0.05, 0) is 5.56 Å². The van der Waals surface area contributed by atoms with Crippen molar-refractivity contribution in [1.29, 1.82) is 0 Å². The van der Waals surface area contributed by atoms with Gasteiger partial charge in [-0.15, -0.1) is 0 Å². The Bertz CT molecular complexity index is 701. The van der Waals surface area contributed by atoms with Gasteiger partial charge in [0.25, 0.3) is 0 Å². The molecule has 2 aliphatic rings. The van der Waals surface area contributed by atoms with E-state index in [1.165, 1.54) is 11.8 Å². The summed E-state index contributed by atoms with van der Waals surface area (Å²) in [5.41, 5.74) is 1.09. The van der Waals surface area contributed by atoms with Crippen molar-refractivity contribution in [2.75, 3.05) is 11.5 Å². The van der Waals surface area contributed by atoms with Crippen LogP contribution in [-0.2, 0) is 21.2 Å². The summed E-state index contributed by atoms with van der Waals surface area (Å²) in [4.78, 5) is 17.8. The summed E-state index contributed by atoms with van der Waals surface area (Å²) in [6.07, 6.45) is 0.358. The van der Waals surface area contributed by atoms with Gasteiger partial charge in [0.15, 0.2) is 15.0 Å². The molecular weight excluding hydrogens is 320 g/mol. The van der Waals surface area contributed by atoms with E-state index in [0.717, 1.165) is 5.56 Å². The van der Waals surface area contributed by atoms with Gasteiger partial charge in [-0.3, -0.25) is 4.79 Å². The van der Waals surface area contributed by atoms with E-state index in [4.69, 9.17) is 0 Å². The quantitative estimate of drug-likeness (QED) is 0.839. The number of aliphatic imine (C=N–C) groups is 1. The fourth-order valence-electron chi connectivity index (χ4n) is 2.79. The standard InChI is InChI=1S/C15H18N2O3S2/c1-2-14(18)16-15-17(8-11-6-4-3-5-7-11)12-9-22(19,20)10-13(12)21-15/h3-7,12-13H,2,8-10H2,1H3/t12-,13+/m0/s1. The highest BCUT2D eigenvalue weighted by molar-refractivity contribution is 8.15. The van der Waals surface area contributed by atoms with Crippen LogP contribution in [0.1, 0.15) is 18.9 Å². The van der Waals surface area contributed by atoms with E-state index >= 15 is 0 Å². The van der Waals surface area contributed by atoms with Gasteiger partial charge in [0, 0.05) is 18.2 Å². The zero-order chi connectivity index (χ0) is 15.7. The number of amidine groups is 1. The maximum atomic E-state index is 11.9. The molecule has 2 saturated heterocycles. The number of hydrogen-bond acceptors (Lipinski definition) is 4. The number of amides is 1. The molecule has 1 aromatic carbocycles. The van der Waals surface area contributed by atoms with Crippen molar-refractivity contribution in [2.24, 2.45) is 4.99 Å². The Kier molecular flexibility index (Phi) is 4.27. The largest absolute Gasteiger partial charge is 0.342 e. The number of rotatable bonds is 3. The monoisotopic (exact) mass is 338 g/mol. The molecule has 0 aliphatic carbocycles. The SMILES string of the molecule is CCC(=O)N=C1S[C@@H]2CS(=O)(=O)C[C@@H]2N1Cc1ccccc1. The molecule has 0 radical (unpaired) electrons. The van der Waals surface area contributed by atoms with Crippen LogP contribution in [0, 0.1) is 0 Å². The van der Waals surface area contributed by atoms with Crippen LogP contribution in [0.5, 0.6) is 0 Å². The van der Waals surface area contributed by atoms with E-state index in [-0.39, 0.29) is 28.7 Å². The molecule has 0 unspecified atom stereocenters. The molecule has 2 heterocycles. The number of thioether (sulfide) groups is 1. The topological polar surface area (TPSA) is 66.8 Å². The van der Waals surface area contributed by atoms with Crippen molar-refractivity contribution in [2.45, 2.75) is 31.2 Å². The Balaban J connectivity index is 1.89. The van der Waals surface area contributed by atoms with E-state index in [1.54, 1.807) is 6.92 Å². The molecule has 22 heavy (non-hydrogen) atoms. The van der Waals surface area contributed by atoms with Gasteiger partial charge in [0.05, 0.1) is 17.5 Å². The molecule has 0 N–H and O–H groups in total. The predicted molar refractivity (Wildman–Crippen MR) is 88.5 cm³/mol. The summed E-state index contributed by atoms with van der Waals surface area (Å²) in [7, 11) is -2.99. The first-order valence-corrected chi connectivity index (χ1v) is 9.98. The third kappa shape index (κ3) is 3.20. The van der Waals surface area contributed by atoms with Crippen molar-refractivity contribution in [3.8, 4) is 0 Å². The van der Waals surface area contributed by atoms with E-state index in [2.05, 4.69) is 4.99 Å². The van der Waals surface area contributed by atoms with E-state index < -0.39 is 9.84 Å². The third-order valence-corrected chi connectivity index (χ3v) is 7.14. The lowest BCUT2D eigenvalue weighted by atomic mass is 10.1. The molecule has 5 nitrogen and oxygen atoms in total. The summed E-state index contributed by atoms with van der Waals surface area (Å²) >= 11 is 1.43. The highest BCUT2D eigenvalue weighted by atomic mass is 32.2. The summed E-state index contributed by atoms with van der Waals surface area (Å²) in [6, 6.07) is 9.77. The summed E-state index contributed by atoms with van der Waals surface area (Å²) in [5, 5.41) is 0.651. The van der Waals surface area contributed by atoms with Crippen LogP contribution in [0.15, 0.2) is 35.3 Å². The lowest BCUT2D eigenvalue weighted by Gasteiger charge is -2.24. The number of carbonyl (C=O) groups excluding carboxylic acids is 1. The second-order valence-electron chi connectivity index (χ2n) is 5.56. The molecule has 0 aromatic heterocycles. The summed E-state index contributed by atoms with van der Waals surface area (Å²) < 4.78 is 23.8. The van der Waals surface area contributed by atoms with Crippen LogP contribution in [-0.4, -0.2) is 47.2 Å². The highest BCUT2D eigenvalue weighted by Gasteiger charge is 2.48. The summed E-state index contributed by atoms with van der Waals surface area (Å²) in [5.74, 6) is 0.160. The molecule has 2 aliphatic heterocycles. The lowest BCUT2D eigenvalue weighted by molar-refractivity contribution is -0.117. The zero-order valence-corrected chi connectivity index (χ0v) is 13.9. The van der Waals surface area contributed by atoms with Gasteiger partial charge in [-0.1, -0.05) is 49.0 Å². The third-order valence-electron chi connectivity index (χ3n) is 3.89. The molecule has 1 aromatic rings. The molecule has 0 bridgehead atoms. The highest BCUT2D eigenvalue weighted by Crippen LogP contribution is 2.39. The average molecular weight is 338 g/mol. The van der Waals surface area contributed by atoms with Crippen molar-refractivity contribution in [1.82, 2.24) is 4.90 Å². The number of fused-ring (bicyclic) bond motifs is 1. The fraction of sp³-hybridized carbons (Fsp3) is 0.467. The Morgan fingerprint density at radius 3 is 2.73 bits per heavy atom. The van der Waals surface area contributed by atoms with Gasteiger partial charge < -0.3 is 4.90 Å². The Hall–Kier alpha value is -1.34. The number of nitrogens with zero attached hydrogens (tertiary/aromatic N) is 2.